The molecule has 6 N–H and O–H groups in total. The van der Waals surface area contributed by atoms with Gasteiger partial charge in [-0.1, -0.05) is 13.0 Å². The highest BCUT2D eigenvalue weighted by Gasteiger charge is 2.48. The predicted molar refractivity (Wildman–Crippen MR) is 175 cm³/mol. The van der Waals surface area contributed by atoms with Crippen molar-refractivity contribution in [2.75, 3.05) is 33.2 Å². The first kappa shape index (κ1) is 35.6. The van der Waals surface area contributed by atoms with Gasteiger partial charge in [0.2, 0.25) is 6.79 Å². The SMILES string of the molecule is CCc1cc(O)cc(Cc2cc3c(cc2OO[C@H]2[C@H](OCCN)O[C@H](COC(=O)CC(=O)O)[C@@H](O)[C@@H]2O)[C@H]2Oc4cc5c(cc4[C@H]2CO3)OCO5)c1. The third-order valence-electron chi connectivity index (χ3n) is 9.28. The smallest absolute Gasteiger partial charge is 0.317 e. The maximum atomic E-state index is 11.8. The van der Waals surface area contributed by atoms with Crippen molar-refractivity contribution in [3.8, 4) is 34.5 Å². The Morgan fingerprint density at radius 3 is 2.48 bits per heavy atom. The van der Waals surface area contributed by atoms with Gasteiger partial charge in [0.15, 0.2) is 29.6 Å². The molecule has 0 bridgehead atoms. The average Bonchev–Trinajstić information content (AvgIpc) is 3.73. The molecule has 4 heterocycles. The van der Waals surface area contributed by atoms with E-state index in [-0.39, 0.29) is 43.8 Å². The number of fused-ring (bicyclic) bond motifs is 6. The summed E-state index contributed by atoms with van der Waals surface area (Å²) in [5.74, 6) is 0.145. The highest BCUT2D eigenvalue weighted by atomic mass is 17.2. The summed E-state index contributed by atoms with van der Waals surface area (Å²) in [6, 6.07) is 12.5. The predicted octanol–water partition coefficient (Wildman–Crippen LogP) is 2.00. The standard InChI is InChI=1S/C36H39NO15/c1-2-17-5-18(8-20(38)7-17)6-19-9-25-22(34-23(14-45-25)21-10-27-28(48-16-47-27)12-26(21)49-34)11-24(19)51-52-35-33(43)32(42)29(50-36(35)44-4-3-37)15-46-31(41)13-30(39)40/h5,7-12,23,29,32-36,38,42-43H,2-4,6,13-16,37H2,1H3,(H,39,40)/t23-,29-,32-,33+,34-,35-,36-/m1/s1. The lowest BCUT2D eigenvalue weighted by Crippen LogP contribution is -2.60. The Bertz CT molecular complexity index is 1820. The Balaban J connectivity index is 1.17. The Morgan fingerprint density at radius 1 is 0.923 bits per heavy atom. The zero-order valence-electron chi connectivity index (χ0n) is 28.1. The number of aliphatic carboxylic acids is 1. The molecule has 3 aromatic carbocycles. The van der Waals surface area contributed by atoms with E-state index in [9.17, 15) is 24.9 Å². The van der Waals surface area contributed by atoms with Crippen molar-refractivity contribution in [3.63, 3.8) is 0 Å². The number of phenols is 1. The van der Waals surface area contributed by atoms with E-state index in [1.54, 1.807) is 24.3 Å². The van der Waals surface area contributed by atoms with Crippen LogP contribution in [0.1, 0.15) is 53.2 Å². The number of nitrogens with two attached hydrogens (primary N) is 1. The Morgan fingerprint density at radius 2 is 1.71 bits per heavy atom. The molecule has 0 aliphatic carbocycles. The van der Waals surface area contributed by atoms with E-state index in [4.69, 9.17) is 53.8 Å². The summed E-state index contributed by atoms with van der Waals surface area (Å²) in [6.07, 6.45) is -7.76. The summed E-state index contributed by atoms with van der Waals surface area (Å²) in [6.45, 7) is 1.93. The maximum absolute atomic E-state index is 11.8. The van der Waals surface area contributed by atoms with Crippen LogP contribution in [0.2, 0.25) is 0 Å². The number of phenolic OH excluding ortho intramolecular Hbond substituents is 1. The fourth-order valence-electron chi connectivity index (χ4n) is 6.72. The molecule has 16 nitrogen and oxygen atoms in total. The molecule has 0 saturated carbocycles. The number of aryl methyl sites for hydroxylation is 1. The van der Waals surface area contributed by atoms with E-state index in [1.165, 1.54) is 0 Å². The van der Waals surface area contributed by atoms with E-state index in [1.807, 2.05) is 25.1 Å². The molecule has 1 saturated heterocycles. The van der Waals surface area contributed by atoms with E-state index in [0.717, 1.165) is 16.7 Å². The number of esters is 1. The number of aliphatic hydroxyl groups excluding tert-OH is 2. The molecule has 7 rings (SSSR count). The first-order chi connectivity index (χ1) is 25.1. The molecule has 52 heavy (non-hydrogen) atoms. The number of hydrogen-bond donors (Lipinski definition) is 5. The second-order valence-electron chi connectivity index (χ2n) is 12.8. The van der Waals surface area contributed by atoms with Gasteiger partial charge in [0, 0.05) is 35.7 Å². The van der Waals surface area contributed by atoms with Crippen LogP contribution in [0.5, 0.6) is 34.5 Å². The van der Waals surface area contributed by atoms with Crippen LogP contribution in [0.25, 0.3) is 0 Å². The Kier molecular flexibility index (Phi) is 10.3. The minimum absolute atomic E-state index is 0.0297. The lowest BCUT2D eigenvalue weighted by molar-refractivity contribution is -0.372. The third kappa shape index (κ3) is 7.26. The zero-order chi connectivity index (χ0) is 36.5. The normalized spacial score (nSPS) is 25.3. The number of ether oxygens (including phenoxy) is 7. The van der Waals surface area contributed by atoms with Gasteiger partial charge in [-0.2, -0.15) is 4.89 Å². The molecule has 0 aromatic heterocycles. The summed E-state index contributed by atoms with van der Waals surface area (Å²) >= 11 is 0. The summed E-state index contributed by atoms with van der Waals surface area (Å²) in [4.78, 5) is 34.5. The molecular formula is C36H39NO15. The number of rotatable bonds is 13. The minimum Gasteiger partial charge on any atom is -0.508 e. The van der Waals surface area contributed by atoms with Gasteiger partial charge in [-0.3, -0.25) is 9.59 Å². The van der Waals surface area contributed by atoms with E-state index >= 15 is 0 Å². The van der Waals surface area contributed by atoms with Gasteiger partial charge in [-0.05, 0) is 47.9 Å². The quantitative estimate of drug-likeness (QED) is 0.0735. The summed E-state index contributed by atoms with van der Waals surface area (Å²) < 4.78 is 40.3. The van der Waals surface area contributed by atoms with Crippen LogP contribution in [0.3, 0.4) is 0 Å². The number of aliphatic hydroxyl groups is 2. The van der Waals surface area contributed by atoms with Gasteiger partial charge in [-0.15, -0.1) is 0 Å². The Hall–Kier alpha value is -4.84. The van der Waals surface area contributed by atoms with Gasteiger partial charge < -0.3 is 64.2 Å². The highest BCUT2D eigenvalue weighted by molar-refractivity contribution is 5.90. The number of hydrogen-bond acceptors (Lipinski definition) is 15. The molecule has 4 aliphatic heterocycles. The first-order valence-electron chi connectivity index (χ1n) is 16.9. The maximum Gasteiger partial charge on any atom is 0.317 e. The minimum atomic E-state index is -1.68. The molecule has 1 fully saturated rings. The average molecular weight is 726 g/mol. The molecule has 7 atom stereocenters. The number of aromatic hydroxyl groups is 1. The van der Waals surface area contributed by atoms with Crippen molar-refractivity contribution >= 4 is 11.9 Å². The van der Waals surface area contributed by atoms with Gasteiger partial charge in [0.25, 0.3) is 0 Å². The fraction of sp³-hybridized carbons (Fsp3) is 0.444. The largest absolute Gasteiger partial charge is 0.508 e. The third-order valence-corrected chi connectivity index (χ3v) is 9.28. The second-order valence-corrected chi connectivity index (χ2v) is 12.8. The summed E-state index contributed by atoms with van der Waals surface area (Å²) in [5.41, 5.74) is 9.55. The van der Waals surface area contributed by atoms with Crippen LogP contribution in [-0.4, -0.2) is 96.2 Å². The van der Waals surface area contributed by atoms with Crippen LogP contribution in [0.4, 0.5) is 0 Å². The topological polar surface area (TPSA) is 224 Å². The molecule has 278 valence electrons. The molecule has 0 amide bonds. The van der Waals surface area contributed by atoms with E-state index < -0.39 is 61.8 Å². The van der Waals surface area contributed by atoms with Crippen molar-refractivity contribution < 1.29 is 72.9 Å². The number of benzene rings is 3. The van der Waals surface area contributed by atoms with Crippen molar-refractivity contribution in [1.82, 2.24) is 0 Å². The fourth-order valence-corrected chi connectivity index (χ4v) is 6.72. The van der Waals surface area contributed by atoms with Crippen molar-refractivity contribution in [2.24, 2.45) is 5.73 Å². The lowest BCUT2D eigenvalue weighted by atomic mass is 9.88. The first-order valence-corrected chi connectivity index (χ1v) is 16.9. The number of carboxylic acid groups (broad SMARTS) is 1. The van der Waals surface area contributed by atoms with Gasteiger partial charge in [0.05, 0.1) is 19.1 Å². The number of carbonyl (C=O) groups excluding carboxylic acids is 1. The van der Waals surface area contributed by atoms with Crippen LogP contribution < -0.4 is 29.6 Å². The van der Waals surface area contributed by atoms with Crippen LogP contribution in [-0.2, 0) is 41.5 Å². The summed E-state index contributed by atoms with van der Waals surface area (Å²) in [7, 11) is 0. The molecular weight excluding hydrogens is 686 g/mol. The highest BCUT2D eigenvalue weighted by Crippen LogP contribution is 2.55. The Labute approximate surface area is 297 Å². The molecule has 0 radical (unpaired) electrons. The van der Waals surface area contributed by atoms with Gasteiger partial charge in [0.1, 0.15) is 54.7 Å². The zero-order valence-corrected chi connectivity index (χ0v) is 28.1. The van der Waals surface area contributed by atoms with Gasteiger partial charge in [-0.25, -0.2) is 0 Å². The van der Waals surface area contributed by atoms with Crippen LogP contribution in [0.15, 0.2) is 42.5 Å². The number of carbonyl (C=O) groups is 2. The van der Waals surface area contributed by atoms with Crippen LogP contribution >= 0.6 is 0 Å². The van der Waals surface area contributed by atoms with Crippen molar-refractivity contribution in [3.05, 3.63) is 70.3 Å². The van der Waals surface area contributed by atoms with E-state index in [2.05, 4.69) is 0 Å². The molecule has 3 aromatic rings. The number of carboxylic acids is 1. The molecule has 16 heteroatoms. The second kappa shape index (κ2) is 15.0. The monoisotopic (exact) mass is 725 g/mol. The molecule has 0 spiro atoms. The summed E-state index contributed by atoms with van der Waals surface area (Å²) in [5, 5.41) is 41.3. The van der Waals surface area contributed by atoms with Crippen LogP contribution in [0, 0.1) is 0 Å². The van der Waals surface area contributed by atoms with Crippen molar-refractivity contribution in [1.29, 1.82) is 0 Å². The van der Waals surface area contributed by atoms with E-state index in [0.29, 0.717) is 47.2 Å². The van der Waals surface area contributed by atoms with Crippen molar-refractivity contribution in [2.45, 2.75) is 68.9 Å². The van der Waals surface area contributed by atoms with Gasteiger partial charge >= 0.3 is 11.9 Å². The lowest BCUT2D eigenvalue weighted by Gasteiger charge is -2.41. The molecule has 0 unspecified atom stereocenters. The molecule has 4 aliphatic rings.